The second-order valence-electron chi connectivity index (χ2n) is 2.53. The van der Waals surface area contributed by atoms with E-state index in [-0.39, 0.29) is 6.42 Å². The minimum atomic E-state index is -0.954. The molecular formula is C9H10N2O3. The lowest BCUT2D eigenvalue weighted by molar-refractivity contribution is -0.135. The number of aliphatic carboxylic acids is 1. The van der Waals surface area contributed by atoms with Crippen molar-refractivity contribution in [2.75, 3.05) is 7.11 Å². The Hall–Kier alpha value is -1.91. The average Bonchev–Trinajstić information content (AvgIpc) is 2.18. The number of oxime groups is 1. The largest absolute Gasteiger partial charge is 0.481 e. The maximum atomic E-state index is 10.5. The highest BCUT2D eigenvalue weighted by atomic mass is 16.6. The Morgan fingerprint density at radius 2 is 2.50 bits per heavy atom. The van der Waals surface area contributed by atoms with Crippen LogP contribution in [0.25, 0.3) is 0 Å². The van der Waals surface area contributed by atoms with Crippen LogP contribution in [0.2, 0.25) is 0 Å². The molecule has 1 N–H and O–H groups in total. The summed E-state index contributed by atoms with van der Waals surface area (Å²) in [5.74, 6) is -0.954. The van der Waals surface area contributed by atoms with Crippen LogP contribution in [0.4, 0.5) is 0 Å². The van der Waals surface area contributed by atoms with Crippen LogP contribution >= 0.6 is 0 Å². The Balaban J connectivity index is 2.89. The highest BCUT2D eigenvalue weighted by molar-refractivity contribution is 6.08. The molecule has 0 fully saturated rings. The number of carboxylic acids is 1. The topological polar surface area (TPSA) is 71.8 Å². The normalized spacial score (nSPS) is 11.1. The Bertz CT molecular complexity index is 335. The van der Waals surface area contributed by atoms with Crippen LogP contribution in [0.1, 0.15) is 12.0 Å². The zero-order chi connectivity index (χ0) is 10.4. The second-order valence-corrected chi connectivity index (χ2v) is 2.53. The number of aromatic nitrogens is 1. The molecule has 1 aromatic rings. The Kier molecular flexibility index (Phi) is 3.60. The molecule has 1 aromatic heterocycles. The van der Waals surface area contributed by atoms with Crippen molar-refractivity contribution in [3.8, 4) is 0 Å². The molecule has 1 rings (SSSR count). The van der Waals surface area contributed by atoms with Crippen LogP contribution in [-0.2, 0) is 9.63 Å². The van der Waals surface area contributed by atoms with Crippen LogP contribution in [-0.4, -0.2) is 28.9 Å². The van der Waals surface area contributed by atoms with Gasteiger partial charge in [-0.15, -0.1) is 0 Å². The number of pyridine rings is 1. The molecule has 0 aliphatic carbocycles. The van der Waals surface area contributed by atoms with E-state index in [2.05, 4.69) is 15.0 Å². The summed E-state index contributed by atoms with van der Waals surface area (Å²) in [6.45, 7) is 0. The fourth-order valence-corrected chi connectivity index (χ4v) is 0.974. The first-order chi connectivity index (χ1) is 6.74. The molecule has 5 nitrogen and oxygen atoms in total. The molecule has 5 heteroatoms. The fraction of sp³-hybridized carbons (Fsp3) is 0.222. The molecular weight excluding hydrogens is 184 g/mol. The third-order valence-corrected chi connectivity index (χ3v) is 1.51. The minimum absolute atomic E-state index is 0.181. The van der Waals surface area contributed by atoms with Gasteiger partial charge in [0.2, 0.25) is 0 Å². The Morgan fingerprint density at radius 3 is 3.00 bits per heavy atom. The van der Waals surface area contributed by atoms with Crippen molar-refractivity contribution < 1.29 is 14.7 Å². The van der Waals surface area contributed by atoms with Gasteiger partial charge >= 0.3 is 5.97 Å². The maximum Gasteiger partial charge on any atom is 0.309 e. The predicted octanol–water partition coefficient (Wildman–Crippen LogP) is 0.907. The molecule has 0 atom stereocenters. The van der Waals surface area contributed by atoms with Gasteiger partial charge < -0.3 is 9.94 Å². The van der Waals surface area contributed by atoms with Gasteiger partial charge in [-0.1, -0.05) is 5.16 Å². The number of hydrogen-bond donors (Lipinski definition) is 1. The molecule has 0 aliphatic heterocycles. The Labute approximate surface area is 81.0 Å². The van der Waals surface area contributed by atoms with E-state index in [9.17, 15) is 4.79 Å². The molecule has 1 heterocycles. The SMILES string of the molecule is CON=C(CC(=O)O)c1cccnc1. The third-order valence-electron chi connectivity index (χ3n) is 1.51. The standard InChI is InChI=1S/C9H10N2O3/c1-14-11-8(5-9(12)13)7-3-2-4-10-6-7/h2-4,6H,5H2,1H3,(H,12,13). The molecule has 0 saturated heterocycles. The maximum absolute atomic E-state index is 10.5. The molecule has 0 spiro atoms. The predicted molar refractivity (Wildman–Crippen MR) is 50.0 cm³/mol. The lowest BCUT2D eigenvalue weighted by atomic mass is 10.1. The Morgan fingerprint density at radius 1 is 1.71 bits per heavy atom. The van der Waals surface area contributed by atoms with Crippen LogP contribution in [0.15, 0.2) is 29.7 Å². The summed E-state index contributed by atoms with van der Waals surface area (Å²) in [5.41, 5.74) is 1.00. The van der Waals surface area contributed by atoms with Gasteiger partial charge in [0.25, 0.3) is 0 Å². The van der Waals surface area contributed by atoms with Gasteiger partial charge in [-0.3, -0.25) is 9.78 Å². The summed E-state index contributed by atoms with van der Waals surface area (Å²) in [7, 11) is 1.37. The molecule has 0 aromatic carbocycles. The van der Waals surface area contributed by atoms with Crippen LogP contribution in [0.5, 0.6) is 0 Å². The van der Waals surface area contributed by atoms with E-state index >= 15 is 0 Å². The van der Waals surface area contributed by atoms with E-state index < -0.39 is 5.97 Å². The number of nitrogens with zero attached hydrogens (tertiary/aromatic N) is 2. The first-order valence-electron chi connectivity index (χ1n) is 3.96. The smallest absolute Gasteiger partial charge is 0.309 e. The average molecular weight is 194 g/mol. The molecule has 0 bridgehead atoms. The summed E-state index contributed by atoms with van der Waals surface area (Å²) in [5, 5.41) is 12.2. The molecule has 0 unspecified atom stereocenters. The van der Waals surface area contributed by atoms with E-state index in [1.807, 2.05) is 0 Å². The minimum Gasteiger partial charge on any atom is -0.481 e. The highest BCUT2D eigenvalue weighted by Gasteiger charge is 2.09. The zero-order valence-corrected chi connectivity index (χ0v) is 7.67. The lowest BCUT2D eigenvalue weighted by Crippen LogP contribution is -2.09. The number of carboxylic acid groups (broad SMARTS) is 1. The molecule has 0 radical (unpaired) electrons. The van der Waals surface area contributed by atoms with E-state index in [4.69, 9.17) is 5.11 Å². The van der Waals surface area contributed by atoms with Crippen molar-refractivity contribution in [1.82, 2.24) is 4.98 Å². The molecule has 0 saturated carbocycles. The quantitative estimate of drug-likeness (QED) is 0.571. The van der Waals surface area contributed by atoms with Gasteiger partial charge in [0, 0.05) is 18.0 Å². The van der Waals surface area contributed by atoms with Gasteiger partial charge in [-0.2, -0.15) is 0 Å². The van der Waals surface area contributed by atoms with Crippen molar-refractivity contribution >= 4 is 11.7 Å². The number of rotatable bonds is 4. The van der Waals surface area contributed by atoms with E-state index in [1.165, 1.54) is 7.11 Å². The fourth-order valence-electron chi connectivity index (χ4n) is 0.974. The van der Waals surface area contributed by atoms with Gasteiger partial charge in [-0.25, -0.2) is 0 Å². The second kappa shape index (κ2) is 4.96. The van der Waals surface area contributed by atoms with E-state index in [0.717, 1.165) is 0 Å². The van der Waals surface area contributed by atoms with E-state index in [0.29, 0.717) is 11.3 Å². The van der Waals surface area contributed by atoms with Crippen LogP contribution in [0, 0.1) is 0 Å². The summed E-state index contributed by atoms with van der Waals surface area (Å²) < 4.78 is 0. The third kappa shape index (κ3) is 2.85. The molecule has 0 aliphatic rings. The first-order valence-corrected chi connectivity index (χ1v) is 3.96. The van der Waals surface area contributed by atoms with Crippen LogP contribution < -0.4 is 0 Å². The van der Waals surface area contributed by atoms with Gasteiger partial charge in [0.15, 0.2) is 0 Å². The van der Waals surface area contributed by atoms with Crippen LogP contribution in [0.3, 0.4) is 0 Å². The van der Waals surface area contributed by atoms with Gasteiger partial charge in [-0.05, 0) is 12.1 Å². The molecule has 74 valence electrons. The molecule has 14 heavy (non-hydrogen) atoms. The summed E-state index contributed by atoms with van der Waals surface area (Å²) in [6, 6.07) is 3.44. The highest BCUT2D eigenvalue weighted by Crippen LogP contribution is 2.03. The van der Waals surface area contributed by atoms with Crippen molar-refractivity contribution in [3.63, 3.8) is 0 Å². The van der Waals surface area contributed by atoms with Crippen molar-refractivity contribution in [2.24, 2.45) is 5.16 Å². The number of carbonyl (C=O) groups is 1. The monoisotopic (exact) mass is 194 g/mol. The number of hydrogen-bond acceptors (Lipinski definition) is 4. The van der Waals surface area contributed by atoms with Crippen molar-refractivity contribution in [3.05, 3.63) is 30.1 Å². The van der Waals surface area contributed by atoms with Crippen molar-refractivity contribution in [1.29, 1.82) is 0 Å². The zero-order valence-electron chi connectivity index (χ0n) is 7.67. The van der Waals surface area contributed by atoms with Crippen molar-refractivity contribution in [2.45, 2.75) is 6.42 Å². The molecule has 0 amide bonds. The summed E-state index contributed by atoms with van der Waals surface area (Å²) in [4.78, 5) is 18.9. The van der Waals surface area contributed by atoms with Gasteiger partial charge in [0.1, 0.15) is 7.11 Å². The van der Waals surface area contributed by atoms with E-state index in [1.54, 1.807) is 24.5 Å². The lowest BCUT2D eigenvalue weighted by Gasteiger charge is -2.01. The summed E-state index contributed by atoms with van der Waals surface area (Å²) >= 11 is 0. The first kappa shape index (κ1) is 10.2. The summed E-state index contributed by atoms with van der Waals surface area (Å²) in [6.07, 6.45) is 2.97. The van der Waals surface area contributed by atoms with Gasteiger partial charge in [0.05, 0.1) is 12.1 Å².